The fraction of sp³-hybridized carbons (Fsp3) is 0.235. The number of ketones is 1. The number of benzene rings is 2. The molecule has 1 aliphatic carbocycles. The van der Waals surface area contributed by atoms with Crippen LogP contribution in [0.5, 0.6) is 11.5 Å². The first-order valence-corrected chi connectivity index (χ1v) is 6.68. The van der Waals surface area contributed by atoms with Gasteiger partial charge in [-0.05, 0) is 42.7 Å². The number of rotatable bonds is 3. The molecule has 1 saturated carbocycles. The van der Waals surface area contributed by atoms with Gasteiger partial charge in [0, 0.05) is 12.3 Å². The zero-order chi connectivity index (χ0) is 13.1. The van der Waals surface area contributed by atoms with Crippen LogP contribution in [0.3, 0.4) is 0 Å². The Balaban J connectivity index is 1.74. The summed E-state index contributed by atoms with van der Waals surface area (Å²) in [6, 6.07) is 17.6. The second kappa shape index (κ2) is 5.27. The van der Waals surface area contributed by atoms with Gasteiger partial charge in [0.2, 0.25) is 0 Å². The van der Waals surface area contributed by atoms with Crippen LogP contribution in [0.15, 0.2) is 54.6 Å². The minimum atomic E-state index is 0.103. The van der Waals surface area contributed by atoms with Crippen molar-refractivity contribution in [2.75, 3.05) is 0 Å². The molecule has 1 aliphatic rings. The first-order valence-electron chi connectivity index (χ1n) is 6.68. The molecule has 1 fully saturated rings. The van der Waals surface area contributed by atoms with Gasteiger partial charge in [-0.1, -0.05) is 30.3 Å². The van der Waals surface area contributed by atoms with Crippen molar-refractivity contribution >= 4 is 5.78 Å². The van der Waals surface area contributed by atoms with E-state index in [1.54, 1.807) is 0 Å². The molecule has 2 nitrogen and oxygen atoms in total. The molecule has 2 aromatic rings. The van der Waals surface area contributed by atoms with Crippen LogP contribution < -0.4 is 4.74 Å². The molecule has 0 heterocycles. The lowest BCUT2D eigenvalue weighted by atomic mass is 9.97. The van der Waals surface area contributed by atoms with E-state index in [4.69, 9.17) is 4.74 Å². The van der Waals surface area contributed by atoms with Gasteiger partial charge in [0.1, 0.15) is 17.3 Å². The number of hydrogen-bond acceptors (Lipinski definition) is 2. The Labute approximate surface area is 113 Å². The van der Waals surface area contributed by atoms with Crippen LogP contribution in [-0.2, 0) is 4.79 Å². The summed E-state index contributed by atoms with van der Waals surface area (Å²) in [5.74, 6) is 2.11. The Morgan fingerprint density at radius 2 is 1.58 bits per heavy atom. The van der Waals surface area contributed by atoms with Gasteiger partial charge in [0.15, 0.2) is 0 Å². The standard InChI is InChI=1S/C17H16O2/c18-17-8-4-7-16(17)13-9-11-15(12-10-13)19-14-5-2-1-3-6-14/h1-3,5-6,9-12,16H,4,7-8H2. The summed E-state index contributed by atoms with van der Waals surface area (Å²) >= 11 is 0. The summed E-state index contributed by atoms with van der Waals surface area (Å²) in [6.07, 6.45) is 2.73. The molecule has 0 aromatic heterocycles. The SMILES string of the molecule is O=C1CCCC1c1ccc(Oc2ccccc2)cc1. The van der Waals surface area contributed by atoms with Gasteiger partial charge >= 0.3 is 0 Å². The Kier molecular flexibility index (Phi) is 3.32. The molecule has 2 heteroatoms. The Morgan fingerprint density at radius 3 is 2.21 bits per heavy atom. The van der Waals surface area contributed by atoms with Crippen LogP contribution in [-0.4, -0.2) is 5.78 Å². The molecule has 0 radical (unpaired) electrons. The molecular weight excluding hydrogens is 236 g/mol. The fourth-order valence-electron chi connectivity index (χ4n) is 2.56. The molecule has 3 rings (SSSR count). The van der Waals surface area contributed by atoms with E-state index in [1.807, 2.05) is 54.6 Å². The Morgan fingerprint density at radius 1 is 0.895 bits per heavy atom. The molecule has 2 aromatic carbocycles. The van der Waals surface area contributed by atoms with Crippen molar-refractivity contribution in [3.63, 3.8) is 0 Å². The number of carbonyl (C=O) groups excluding carboxylic acids is 1. The third-order valence-corrected chi connectivity index (χ3v) is 3.57. The van der Waals surface area contributed by atoms with Crippen LogP contribution in [0, 0.1) is 0 Å². The monoisotopic (exact) mass is 252 g/mol. The molecule has 0 aliphatic heterocycles. The van der Waals surface area contributed by atoms with Crippen molar-refractivity contribution in [3.05, 3.63) is 60.2 Å². The van der Waals surface area contributed by atoms with Crippen LogP contribution in [0.1, 0.15) is 30.7 Å². The minimum absolute atomic E-state index is 0.103. The summed E-state index contributed by atoms with van der Waals surface area (Å²) in [4.78, 5) is 11.7. The van der Waals surface area contributed by atoms with Crippen molar-refractivity contribution < 1.29 is 9.53 Å². The van der Waals surface area contributed by atoms with Gasteiger partial charge in [0.25, 0.3) is 0 Å². The van der Waals surface area contributed by atoms with E-state index in [1.165, 1.54) is 0 Å². The molecule has 0 saturated heterocycles. The molecule has 19 heavy (non-hydrogen) atoms. The predicted octanol–water partition coefficient (Wildman–Crippen LogP) is 4.32. The third-order valence-electron chi connectivity index (χ3n) is 3.57. The second-order valence-electron chi connectivity index (χ2n) is 4.90. The number of Topliss-reactive ketones (excluding diaryl/α,β-unsaturated/α-hetero) is 1. The molecule has 96 valence electrons. The van der Waals surface area contributed by atoms with E-state index >= 15 is 0 Å². The van der Waals surface area contributed by atoms with E-state index in [0.29, 0.717) is 5.78 Å². The molecular formula is C17H16O2. The van der Waals surface area contributed by atoms with E-state index in [9.17, 15) is 4.79 Å². The molecule has 0 spiro atoms. The summed E-state index contributed by atoms with van der Waals surface area (Å²) in [6.45, 7) is 0. The lowest BCUT2D eigenvalue weighted by Crippen LogP contribution is -2.03. The van der Waals surface area contributed by atoms with Gasteiger partial charge in [-0.2, -0.15) is 0 Å². The molecule has 1 unspecified atom stereocenters. The van der Waals surface area contributed by atoms with Crippen molar-refractivity contribution in [1.82, 2.24) is 0 Å². The molecule has 0 bridgehead atoms. The second-order valence-corrected chi connectivity index (χ2v) is 4.90. The van der Waals surface area contributed by atoms with Crippen LogP contribution in [0.25, 0.3) is 0 Å². The van der Waals surface area contributed by atoms with Crippen LogP contribution in [0.4, 0.5) is 0 Å². The van der Waals surface area contributed by atoms with Crippen molar-refractivity contribution in [1.29, 1.82) is 0 Å². The number of hydrogen-bond donors (Lipinski definition) is 0. The Bertz CT molecular complexity index is 558. The molecule has 1 atom stereocenters. The first kappa shape index (κ1) is 12.0. The lowest BCUT2D eigenvalue weighted by Gasteiger charge is -2.10. The van der Waals surface area contributed by atoms with E-state index in [0.717, 1.165) is 36.3 Å². The lowest BCUT2D eigenvalue weighted by molar-refractivity contribution is -0.118. The average Bonchev–Trinajstić information content (AvgIpc) is 2.87. The maximum absolute atomic E-state index is 11.7. The zero-order valence-corrected chi connectivity index (χ0v) is 10.7. The summed E-state index contributed by atoms with van der Waals surface area (Å²) in [7, 11) is 0. The van der Waals surface area contributed by atoms with Gasteiger partial charge in [-0.3, -0.25) is 4.79 Å². The van der Waals surface area contributed by atoms with Crippen LogP contribution >= 0.6 is 0 Å². The zero-order valence-electron chi connectivity index (χ0n) is 10.7. The normalized spacial score (nSPS) is 18.5. The van der Waals surface area contributed by atoms with Crippen molar-refractivity contribution in [2.45, 2.75) is 25.2 Å². The molecule has 0 amide bonds. The highest BCUT2D eigenvalue weighted by atomic mass is 16.5. The highest BCUT2D eigenvalue weighted by Crippen LogP contribution is 2.32. The van der Waals surface area contributed by atoms with E-state index in [-0.39, 0.29) is 5.92 Å². The maximum atomic E-state index is 11.7. The Hall–Kier alpha value is -2.09. The highest BCUT2D eigenvalue weighted by molar-refractivity contribution is 5.87. The minimum Gasteiger partial charge on any atom is -0.457 e. The number of carbonyl (C=O) groups is 1. The van der Waals surface area contributed by atoms with E-state index < -0.39 is 0 Å². The van der Waals surface area contributed by atoms with Crippen molar-refractivity contribution in [2.24, 2.45) is 0 Å². The average molecular weight is 252 g/mol. The molecule has 0 N–H and O–H groups in total. The topological polar surface area (TPSA) is 26.3 Å². The largest absolute Gasteiger partial charge is 0.457 e. The number of ether oxygens (including phenoxy) is 1. The smallest absolute Gasteiger partial charge is 0.140 e. The summed E-state index contributed by atoms with van der Waals surface area (Å²) in [5, 5.41) is 0. The summed E-state index contributed by atoms with van der Waals surface area (Å²) < 4.78 is 5.74. The summed E-state index contributed by atoms with van der Waals surface area (Å²) in [5.41, 5.74) is 1.11. The maximum Gasteiger partial charge on any atom is 0.140 e. The number of para-hydroxylation sites is 1. The quantitative estimate of drug-likeness (QED) is 0.813. The third kappa shape index (κ3) is 2.68. The van der Waals surface area contributed by atoms with Gasteiger partial charge in [-0.25, -0.2) is 0 Å². The van der Waals surface area contributed by atoms with Gasteiger partial charge < -0.3 is 4.74 Å². The van der Waals surface area contributed by atoms with Gasteiger partial charge in [-0.15, -0.1) is 0 Å². The predicted molar refractivity (Wildman–Crippen MR) is 74.6 cm³/mol. The first-order chi connectivity index (χ1) is 9.33. The highest BCUT2D eigenvalue weighted by Gasteiger charge is 2.25. The van der Waals surface area contributed by atoms with Crippen LogP contribution in [0.2, 0.25) is 0 Å². The fourth-order valence-corrected chi connectivity index (χ4v) is 2.56. The van der Waals surface area contributed by atoms with Crippen molar-refractivity contribution in [3.8, 4) is 11.5 Å². The van der Waals surface area contributed by atoms with Gasteiger partial charge in [0.05, 0.1) is 0 Å². The van der Waals surface area contributed by atoms with E-state index in [2.05, 4.69) is 0 Å².